The first kappa shape index (κ1) is 29.9. The molecule has 0 aromatic heterocycles. The Hall–Kier alpha value is -2.54. The maximum atomic E-state index is 7.17. The first-order valence-electron chi connectivity index (χ1n) is 15.3. The number of nitrogens with zero attached hydrogens (tertiary/aromatic N) is 2. The fourth-order valence-corrected chi connectivity index (χ4v) is 7.46. The predicted molar refractivity (Wildman–Crippen MR) is 173 cm³/mol. The standard InChI is InChI=1S/C36H48N2O2Si/c1-35(2,3)41(4,5)40-34-22-24-38(29-30(34)21-23-37-25-27-39-28-26-37)36(31-15-9-6-10-16-31,32-17-11-7-12-18-32)33-19-13-8-14-20-33/h6-21,34H,22-29H2,1-5H3/b30-21-. The van der Waals surface area contributed by atoms with Crippen LogP contribution < -0.4 is 0 Å². The maximum Gasteiger partial charge on any atom is 0.192 e. The zero-order valence-electron chi connectivity index (χ0n) is 25.7. The van der Waals surface area contributed by atoms with E-state index in [1.165, 1.54) is 22.3 Å². The Morgan fingerprint density at radius 1 is 0.780 bits per heavy atom. The normalized spacial score (nSPS) is 20.8. The summed E-state index contributed by atoms with van der Waals surface area (Å²) >= 11 is 0. The molecule has 1 unspecified atom stereocenters. The van der Waals surface area contributed by atoms with Gasteiger partial charge in [0.05, 0.1) is 24.9 Å². The molecule has 5 heteroatoms. The number of likely N-dealkylation sites (tertiary alicyclic amines) is 1. The third-order valence-corrected chi connectivity index (χ3v) is 13.9. The van der Waals surface area contributed by atoms with Crippen LogP contribution in [0.15, 0.2) is 103 Å². The van der Waals surface area contributed by atoms with Crippen molar-refractivity contribution in [3.63, 3.8) is 0 Å². The second kappa shape index (κ2) is 12.8. The van der Waals surface area contributed by atoms with Crippen LogP contribution in [0.25, 0.3) is 0 Å². The molecule has 0 aliphatic carbocycles. The molecular formula is C36H48N2O2Si. The molecule has 2 saturated heterocycles. The van der Waals surface area contributed by atoms with E-state index in [1.807, 2.05) is 0 Å². The highest BCUT2D eigenvalue weighted by Gasteiger charge is 2.46. The Balaban J connectivity index is 1.59. The Labute approximate surface area is 249 Å². The number of rotatable bonds is 8. The summed E-state index contributed by atoms with van der Waals surface area (Å²) in [5, 5.41) is 0.168. The van der Waals surface area contributed by atoms with Crippen LogP contribution in [0.1, 0.15) is 43.9 Å². The predicted octanol–water partition coefficient (Wildman–Crippen LogP) is 7.33. The lowest BCUT2D eigenvalue weighted by atomic mass is 9.74. The highest BCUT2D eigenvalue weighted by molar-refractivity contribution is 6.74. The lowest BCUT2D eigenvalue weighted by Crippen LogP contribution is -2.55. The number of hydrogen-bond acceptors (Lipinski definition) is 4. The van der Waals surface area contributed by atoms with Gasteiger partial charge in [0.15, 0.2) is 8.32 Å². The molecule has 1 atom stereocenters. The van der Waals surface area contributed by atoms with E-state index in [1.54, 1.807) is 0 Å². The smallest absolute Gasteiger partial charge is 0.192 e. The van der Waals surface area contributed by atoms with Crippen molar-refractivity contribution in [2.45, 2.75) is 57.0 Å². The van der Waals surface area contributed by atoms with Crippen molar-refractivity contribution in [2.75, 3.05) is 45.9 Å². The van der Waals surface area contributed by atoms with Gasteiger partial charge in [-0.3, -0.25) is 9.80 Å². The molecule has 218 valence electrons. The molecule has 3 aromatic carbocycles. The molecule has 41 heavy (non-hydrogen) atoms. The minimum atomic E-state index is -1.96. The molecule has 2 aliphatic heterocycles. The molecule has 4 nitrogen and oxygen atoms in total. The second-order valence-corrected chi connectivity index (χ2v) is 17.8. The van der Waals surface area contributed by atoms with Crippen LogP contribution in [0.3, 0.4) is 0 Å². The van der Waals surface area contributed by atoms with Gasteiger partial charge >= 0.3 is 0 Å². The van der Waals surface area contributed by atoms with E-state index in [2.05, 4.69) is 141 Å². The average Bonchev–Trinajstić information content (AvgIpc) is 2.99. The highest BCUT2D eigenvalue weighted by atomic mass is 28.4. The van der Waals surface area contributed by atoms with Crippen LogP contribution >= 0.6 is 0 Å². The molecule has 2 aliphatic rings. The summed E-state index contributed by atoms with van der Waals surface area (Å²) in [7, 11) is -1.96. The fourth-order valence-electron chi connectivity index (χ4n) is 6.12. The van der Waals surface area contributed by atoms with Crippen molar-refractivity contribution >= 4 is 8.32 Å². The Kier molecular flexibility index (Phi) is 9.32. The molecule has 2 heterocycles. The summed E-state index contributed by atoms with van der Waals surface area (Å²) in [6.07, 6.45) is 3.62. The molecule has 0 N–H and O–H groups in total. The van der Waals surface area contributed by atoms with Crippen molar-refractivity contribution in [1.29, 1.82) is 0 Å². The van der Waals surface area contributed by atoms with E-state index in [4.69, 9.17) is 9.16 Å². The lowest BCUT2D eigenvalue weighted by molar-refractivity contribution is 0.0427. The van der Waals surface area contributed by atoms with Crippen LogP contribution in [0.5, 0.6) is 0 Å². The number of ether oxygens (including phenoxy) is 1. The molecular weight excluding hydrogens is 520 g/mol. The van der Waals surface area contributed by atoms with Gasteiger partial charge in [-0.05, 0) is 46.8 Å². The molecule has 0 radical (unpaired) electrons. The van der Waals surface area contributed by atoms with Gasteiger partial charge < -0.3 is 9.16 Å². The average molecular weight is 569 g/mol. The van der Waals surface area contributed by atoms with E-state index in [9.17, 15) is 0 Å². The van der Waals surface area contributed by atoms with Crippen molar-refractivity contribution in [3.8, 4) is 0 Å². The van der Waals surface area contributed by atoms with Crippen LogP contribution in [-0.4, -0.2) is 70.2 Å². The van der Waals surface area contributed by atoms with Crippen molar-refractivity contribution in [1.82, 2.24) is 9.80 Å². The largest absolute Gasteiger partial charge is 0.410 e. The zero-order valence-corrected chi connectivity index (χ0v) is 26.7. The number of hydrogen-bond donors (Lipinski definition) is 0. The van der Waals surface area contributed by atoms with Gasteiger partial charge in [0.25, 0.3) is 0 Å². The molecule has 3 aromatic rings. The topological polar surface area (TPSA) is 24.9 Å². The van der Waals surface area contributed by atoms with Crippen LogP contribution in [0, 0.1) is 0 Å². The Morgan fingerprint density at radius 2 is 1.27 bits per heavy atom. The first-order valence-corrected chi connectivity index (χ1v) is 18.2. The van der Waals surface area contributed by atoms with Gasteiger partial charge in [-0.1, -0.05) is 118 Å². The third-order valence-electron chi connectivity index (χ3n) is 9.46. The van der Waals surface area contributed by atoms with E-state index in [-0.39, 0.29) is 11.1 Å². The molecule has 0 saturated carbocycles. The molecule has 0 bridgehead atoms. The van der Waals surface area contributed by atoms with E-state index >= 15 is 0 Å². The SMILES string of the molecule is CC(C)(C)[Si](C)(C)OC1CCN(C(c2ccccc2)(c2ccccc2)c2ccccc2)C/C1=C/CN1CCOCC1. The number of morpholine rings is 1. The quantitative estimate of drug-likeness (QED) is 0.161. The van der Waals surface area contributed by atoms with Crippen molar-refractivity contribution < 1.29 is 9.16 Å². The van der Waals surface area contributed by atoms with Crippen molar-refractivity contribution in [2.24, 2.45) is 0 Å². The lowest BCUT2D eigenvalue weighted by Gasteiger charge is -2.50. The first-order chi connectivity index (χ1) is 19.7. The van der Waals surface area contributed by atoms with E-state index in [0.717, 1.165) is 52.4 Å². The summed E-state index contributed by atoms with van der Waals surface area (Å²) in [5.74, 6) is 0. The van der Waals surface area contributed by atoms with E-state index in [0.29, 0.717) is 0 Å². The zero-order chi connectivity index (χ0) is 28.9. The van der Waals surface area contributed by atoms with Crippen molar-refractivity contribution in [3.05, 3.63) is 119 Å². The summed E-state index contributed by atoms with van der Waals surface area (Å²) < 4.78 is 12.8. The van der Waals surface area contributed by atoms with Gasteiger partial charge in [-0.15, -0.1) is 0 Å². The summed E-state index contributed by atoms with van der Waals surface area (Å²) in [6, 6.07) is 33.2. The summed E-state index contributed by atoms with van der Waals surface area (Å²) in [5.41, 5.74) is 4.90. The Morgan fingerprint density at radius 3 is 1.73 bits per heavy atom. The van der Waals surface area contributed by atoms with Gasteiger partial charge in [0, 0.05) is 32.7 Å². The van der Waals surface area contributed by atoms with Crippen LogP contribution in [0.4, 0.5) is 0 Å². The molecule has 5 rings (SSSR count). The maximum absolute atomic E-state index is 7.17. The van der Waals surface area contributed by atoms with Gasteiger partial charge in [-0.2, -0.15) is 0 Å². The third kappa shape index (κ3) is 6.45. The van der Waals surface area contributed by atoms with Crippen LogP contribution in [-0.2, 0) is 14.7 Å². The highest BCUT2D eigenvalue weighted by Crippen LogP contribution is 2.45. The monoisotopic (exact) mass is 568 g/mol. The fraction of sp³-hybridized carbons (Fsp3) is 0.444. The van der Waals surface area contributed by atoms with Crippen LogP contribution in [0.2, 0.25) is 18.1 Å². The molecule has 2 fully saturated rings. The second-order valence-electron chi connectivity index (χ2n) is 13.1. The minimum absolute atomic E-state index is 0.146. The van der Waals surface area contributed by atoms with E-state index < -0.39 is 13.9 Å². The Bertz CT molecular complexity index is 1170. The summed E-state index contributed by atoms with van der Waals surface area (Å²) in [4.78, 5) is 5.22. The van der Waals surface area contributed by atoms with Gasteiger partial charge in [-0.25, -0.2) is 0 Å². The number of benzene rings is 3. The minimum Gasteiger partial charge on any atom is -0.410 e. The van der Waals surface area contributed by atoms with Gasteiger partial charge in [0.2, 0.25) is 0 Å². The van der Waals surface area contributed by atoms with Gasteiger partial charge in [0.1, 0.15) is 0 Å². The summed E-state index contributed by atoms with van der Waals surface area (Å²) in [6.45, 7) is 18.2. The molecule has 0 spiro atoms. The number of piperidine rings is 1. The molecule has 0 amide bonds.